The average Bonchev–Trinajstić information content (AvgIpc) is 3.23. The topological polar surface area (TPSA) is 196 Å². The third-order valence-electron chi connectivity index (χ3n) is 4.91. The molecule has 13 nitrogen and oxygen atoms in total. The number of aromatic amines is 1. The minimum Gasteiger partial charge on any atom is -0.453 e. The van der Waals surface area contributed by atoms with Crippen molar-refractivity contribution < 1.29 is 33.4 Å². The Balaban J connectivity index is 1.75. The van der Waals surface area contributed by atoms with Gasteiger partial charge in [-0.3, -0.25) is 23.7 Å². The van der Waals surface area contributed by atoms with Crippen molar-refractivity contribution in [2.24, 2.45) is 5.92 Å². The second-order valence-electron chi connectivity index (χ2n) is 7.29. The first kappa shape index (κ1) is 23.3. The van der Waals surface area contributed by atoms with E-state index in [1.807, 2.05) is 0 Å². The monoisotopic (exact) mass is 498 g/mol. The Morgan fingerprint density at radius 3 is 2.70 bits per heavy atom. The number of esters is 1. The summed E-state index contributed by atoms with van der Waals surface area (Å²) < 4.78 is 28.9. The maximum absolute atomic E-state index is 12.8. The highest BCUT2D eigenvalue weighted by atomic mass is 32.1. The number of nitrogen functional groups attached to an aromatic ring is 1. The SMILES string of the molecule is C[C@@H]1[C@@H](OCP(=O)(O)O)O[C@@H](n2c(=O)sc3c(=O)[nH]c(N)nc32)[C@@H]1OC(=O)c1ccccc1. The summed E-state index contributed by atoms with van der Waals surface area (Å²) in [6.45, 7) is 1.57. The molecule has 4 rings (SSSR count). The Labute approximate surface area is 188 Å². The van der Waals surface area contributed by atoms with E-state index in [1.165, 1.54) is 12.1 Å². The van der Waals surface area contributed by atoms with Crippen LogP contribution >= 0.6 is 18.9 Å². The maximum Gasteiger partial charge on any atom is 0.351 e. The third-order valence-corrected chi connectivity index (χ3v) is 6.34. The Bertz CT molecular complexity index is 1350. The van der Waals surface area contributed by atoms with Crippen LogP contribution in [0.5, 0.6) is 0 Å². The highest BCUT2D eigenvalue weighted by Crippen LogP contribution is 2.41. The van der Waals surface area contributed by atoms with E-state index in [4.69, 9.17) is 29.7 Å². The van der Waals surface area contributed by atoms with E-state index in [-0.39, 0.29) is 21.9 Å². The molecule has 4 atom stereocenters. The number of H-pyrrole nitrogens is 1. The van der Waals surface area contributed by atoms with Gasteiger partial charge in [0.25, 0.3) is 5.56 Å². The van der Waals surface area contributed by atoms with E-state index in [0.717, 1.165) is 4.57 Å². The summed E-state index contributed by atoms with van der Waals surface area (Å²) in [6, 6.07) is 8.08. The van der Waals surface area contributed by atoms with Gasteiger partial charge < -0.3 is 29.7 Å². The van der Waals surface area contributed by atoms with E-state index in [0.29, 0.717) is 11.3 Å². The molecule has 0 spiro atoms. The van der Waals surface area contributed by atoms with E-state index in [1.54, 1.807) is 25.1 Å². The number of hydrogen-bond acceptors (Lipinski definition) is 10. The fraction of sp³-hybridized carbons (Fsp3) is 0.333. The molecule has 0 radical (unpaired) electrons. The maximum atomic E-state index is 12.8. The molecule has 2 aromatic heterocycles. The smallest absolute Gasteiger partial charge is 0.351 e. The molecule has 33 heavy (non-hydrogen) atoms. The number of nitrogens with one attached hydrogen (secondary N) is 1. The second-order valence-corrected chi connectivity index (χ2v) is 9.84. The third kappa shape index (κ3) is 4.76. The number of thiazole rings is 1. The number of carbonyl (C=O) groups excluding carboxylic acids is 1. The highest BCUT2D eigenvalue weighted by molar-refractivity contribution is 7.51. The number of carbonyl (C=O) groups is 1. The van der Waals surface area contributed by atoms with Crippen molar-refractivity contribution in [1.29, 1.82) is 0 Å². The van der Waals surface area contributed by atoms with E-state index < -0.39 is 54.9 Å². The number of anilines is 1. The molecular formula is C18H19N4O9PS. The van der Waals surface area contributed by atoms with Gasteiger partial charge in [-0.2, -0.15) is 4.98 Å². The minimum atomic E-state index is -4.53. The van der Waals surface area contributed by atoms with Gasteiger partial charge in [0.15, 0.2) is 30.6 Å². The lowest BCUT2D eigenvalue weighted by Crippen LogP contribution is -2.33. The van der Waals surface area contributed by atoms with Crippen LogP contribution in [0.3, 0.4) is 0 Å². The molecule has 0 amide bonds. The molecule has 1 aliphatic heterocycles. The molecule has 1 aromatic carbocycles. The number of nitrogens with two attached hydrogens (primary N) is 1. The summed E-state index contributed by atoms with van der Waals surface area (Å²) in [4.78, 5) is 61.7. The van der Waals surface area contributed by atoms with Gasteiger partial charge in [-0.05, 0) is 12.1 Å². The molecule has 1 saturated heterocycles. The molecule has 15 heteroatoms. The van der Waals surface area contributed by atoms with Crippen molar-refractivity contribution >= 4 is 41.2 Å². The lowest BCUT2D eigenvalue weighted by Gasteiger charge is -2.22. The average molecular weight is 498 g/mol. The van der Waals surface area contributed by atoms with Crippen LogP contribution in [0.4, 0.5) is 5.95 Å². The van der Waals surface area contributed by atoms with Crippen LogP contribution in [0.25, 0.3) is 10.3 Å². The van der Waals surface area contributed by atoms with E-state index in [2.05, 4.69) is 9.97 Å². The van der Waals surface area contributed by atoms with Gasteiger partial charge in [0.1, 0.15) is 4.70 Å². The van der Waals surface area contributed by atoms with Crippen LogP contribution in [0.15, 0.2) is 39.9 Å². The zero-order valence-electron chi connectivity index (χ0n) is 17.0. The predicted molar refractivity (Wildman–Crippen MR) is 116 cm³/mol. The van der Waals surface area contributed by atoms with Gasteiger partial charge in [0.05, 0.1) is 5.56 Å². The Morgan fingerprint density at radius 1 is 1.33 bits per heavy atom. The van der Waals surface area contributed by atoms with Gasteiger partial charge in [0.2, 0.25) is 5.95 Å². The van der Waals surface area contributed by atoms with E-state index >= 15 is 0 Å². The first-order chi connectivity index (χ1) is 15.5. The summed E-state index contributed by atoms with van der Waals surface area (Å²) in [5, 5.41) is 0. The molecule has 1 aliphatic rings. The quantitative estimate of drug-likeness (QED) is 0.274. The van der Waals surface area contributed by atoms with Crippen molar-refractivity contribution in [1.82, 2.24) is 14.5 Å². The standard InChI is InChI=1S/C18H19N4O9PS/c1-8-10(30-15(24)9-5-3-2-4-6-9)14(31-16(8)29-7-32(26,27)28)22-12-11(33-18(22)25)13(23)21-17(19)20-12/h2-6,8,10,14,16H,7H2,1H3,(H2,26,27,28)(H3,19,20,21,23)/t8-,10+,14+,16-/m0/s1. The fourth-order valence-electron chi connectivity index (χ4n) is 3.42. The van der Waals surface area contributed by atoms with Crippen LogP contribution < -0.4 is 16.2 Å². The van der Waals surface area contributed by atoms with Crippen molar-refractivity contribution in [2.75, 3.05) is 12.1 Å². The number of ether oxygens (including phenoxy) is 3. The van der Waals surface area contributed by atoms with Crippen molar-refractivity contribution in [2.45, 2.75) is 25.5 Å². The summed E-state index contributed by atoms with van der Waals surface area (Å²) in [7, 11) is -4.53. The largest absolute Gasteiger partial charge is 0.453 e. The van der Waals surface area contributed by atoms with Crippen LogP contribution in [-0.2, 0) is 18.8 Å². The highest BCUT2D eigenvalue weighted by Gasteiger charge is 2.48. The molecule has 0 unspecified atom stereocenters. The Morgan fingerprint density at radius 2 is 2.03 bits per heavy atom. The summed E-state index contributed by atoms with van der Waals surface area (Å²) in [5.41, 5.74) is 5.16. The van der Waals surface area contributed by atoms with Gasteiger partial charge >= 0.3 is 18.4 Å². The molecule has 3 heterocycles. The predicted octanol–water partition coefficient (Wildman–Crippen LogP) is 0.597. The van der Waals surface area contributed by atoms with E-state index in [9.17, 15) is 18.9 Å². The molecule has 1 fully saturated rings. The molecule has 0 aliphatic carbocycles. The number of fused-ring (bicyclic) bond motifs is 1. The van der Waals surface area contributed by atoms with Crippen LogP contribution in [0.1, 0.15) is 23.5 Å². The number of aromatic nitrogens is 3. The Hall–Kier alpha value is -2.87. The van der Waals surface area contributed by atoms with Crippen molar-refractivity contribution in [3.05, 3.63) is 55.9 Å². The first-order valence-corrected chi connectivity index (χ1v) is 12.1. The van der Waals surface area contributed by atoms with Gasteiger partial charge in [-0.1, -0.05) is 36.5 Å². The van der Waals surface area contributed by atoms with Crippen LogP contribution in [0, 0.1) is 5.92 Å². The molecule has 0 saturated carbocycles. The minimum absolute atomic E-state index is 0.0156. The van der Waals surface area contributed by atoms with Gasteiger partial charge in [-0.15, -0.1) is 0 Å². The van der Waals surface area contributed by atoms with Crippen molar-refractivity contribution in [3.63, 3.8) is 0 Å². The lowest BCUT2D eigenvalue weighted by atomic mass is 10.1. The summed E-state index contributed by atoms with van der Waals surface area (Å²) >= 11 is 0.598. The lowest BCUT2D eigenvalue weighted by molar-refractivity contribution is -0.154. The van der Waals surface area contributed by atoms with Crippen LogP contribution in [0.2, 0.25) is 0 Å². The Kier molecular flexibility index (Phi) is 6.22. The molecular weight excluding hydrogens is 479 g/mol. The van der Waals surface area contributed by atoms with Crippen LogP contribution in [-0.4, -0.2) is 49.0 Å². The second kappa shape index (κ2) is 8.82. The normalized spacial score (nSPS) is 23.1. The zero-order chi connectivity index (χ0) is 23.9. The van der Waals surface area contributed by atoms with Gasteiger partial charge in [-0.25, -0.2) is 4.79 Å². The summed E-state index contributed by atoms with van der Waals surface area (Å²) in [6.07, 6.45) is -4.61. The number of nitrogens with zero attached hydrogens (tertiary/aromatic N) is 2. The molecule has 176 valence electrons. The number of hydrogen-bond donors (Lipinski definition) is 4. The van der Waals surface area contributed by atoms with Crippen molar-refractivity contribution in [3.8, 4) is 0 Å². The first-order valence-electron chi connectivity index (χ1n) is 9.53. The number of benzene rings is 1. The molecule has 0 bridgehead atoms. The fourth-order valence-corrected chi connectivity index (χ4v) is 4.61. The molecule has 3 aromatic rings. The summed E-state index contributed by atoms with van der Waals surface area (Å²) in [5.74, 6) is -1.71. The zero-order valence-corrected chi connectivity index (χ0v) is 18.7. The molecule has 5 N–H and O–H groups in total. The number of rotatable bonds is 6. The van der Waals surface area contributed by atoms with Gasteiger partial charge in [0, 0.05) is 5.92 Å².